The fourth-order valence-corrected chi connectivity index (χ4v) is 1.11. The summed E-state index contributed by atoms with van der Waals surface area (Å²) in [7, 11) is 0. The van der Waals surface area contributed by atoms with Crippen LogP contribution in [0.15, 0.2) is 36.8 Å². The minimum atomic E-state index is -0.281. The van der Waals surface area contributed by atoms with E-state index in [1.165, 1.54) is 24.7 Å². The van der Waals surface area contributed by atoms with Crippen LogP contribution in [0.4, 0.5) is 21.6 Å². The van der Waals surface area contributed by atoms with Crippen LogP contribution in [0.25, 0.3) is 0 Å². The normalized spacial score (nSPS) is 9.93. The molecular formula is C10H9FN4. The van der Waals surface area contributed by atoms with Crippen molar-refractivity contribution in [3.05, 3.63) is 42.6 Å². The summed E-state index contributed by atoms with van der Waals surface area (Å²) in [5, 5.41) is 2.96. The molecule has 0 atom stereocenters. The van der Waals surface area contributed by atoms with Gasteiger partial charge in [0.15, 0.2) is 5.82 Å². The van der Waals surface area contributed by atoms with Gasteiger partial charge in [0.2, 0.25) is 0 Å². The number of hydrogen-bond acceptors (Lipinski definition) is 4. The number of aromatic nitrogens is 2. The molecule has 0 saturated carbocycles. The first-order chi connectivity index (χ1) is 7.25. The number of nitrogen functional groups attached to an aromatic ring is 1. The molecule has 0 fully saturated rings. The molecule has 0 unspecified atom stereocenters. The number of halogens is 1. The highest BCUT2D eigenvalue weighted by molar-refractivity contribution is 5.67. The van der Waals surface area contributed by atoms with Crippen molar-refractivity contribution in [3.63, 3.8) is 0 Å². The van der Waals surface area contributed by atoms with Gasteiger partial charge in [-0.2, -0.15) is 0 Å². The summed E-state index contributed by atoms with van der Waals surface area (Å²) >= 11 is 0. The van der Waals surface area contributed by atoms with Gasteiger partial charge >= 0.3 is 0 Å². The molecule has 2 aromatic rings. The van der Waals surface area contributed by atoms with Crippen LogP contribution in [0.2, 0.25) is 0 Å². The molecule has 0 spiro atoms. The smallest absolute Gasteiger partial charge is 0.157 e. The van der Waals surface area contributed by atoms with Crippen molar-refractivity contribution in [1.29, 1.82) is 0 Å². The minimum absolute atomic E-state index is 0.281. The number of hydrogen-bond donors (Lipinski definition) is 2. The number of nitrogens with one attached hydrogen (secondary N) is 1. The summed E-state index contributed by atoms with van der Waals surface area (Å²) < 4.78 is 12.6. The molecule has 0 aliphatic rings. The van der Waals surface area contributed by atoms with E-state index in [1.54, 1.807) is 12.1 Å². The number of nitrogens with two attached hydrogens (primary N) is 1. The van der Waals surface area contributed by atoms with Gasteiger partial charge in [-0.25, -0.2) is 14.4 Å². The van der Waals surface area contributed by atoms with Gasteiger partial charge in [-0.05, 0) is 24.3 Å². The second-order valence-electron chi connectivity index (χ2n) is 2.96. The lowest BCUT2D eigenvalue weighted by atomic mass is 10.3. The fourth-order valence-electron chi connectivity index (χ4n) is 1.11. The molecule has 15 heavy (non-hydrogen) atoms. The average Bonchev–Trinajstić information content (AvgIpc) is 2.25. The third-order valence-electron chi connectivity index (χ3n) is 1.85. The monoisotopic (exact) mass is 204 g/mol. The molecule has 2 rings (SSSR count). The van der Waals surface area contributed by atoms with Gasteiger partial charge < -0.3 is 11.1 Å². The minimum Gasteiger partial charge on any atom is -0.394 e. The lowest BCUT2D eigenvalue weighted by Crippen LogP contribution is -1.99. The Labute approximate surface area is 86.0 Å². The lowest BCUT2D eigenvalue weighted by Gasteiger charge is -2.06. The van der Waals surface area contributed by atoms with Gasteiger partial charge in [0.05, 0.1) is 11.9 Å². The van der Waals surface area contributed by atoms with E-state index in [-0.39, 0.29) is 5.82 Å². The molecule has 1 aromatic heterocycles. The van der Waals surface area contributed by atoms with Crippen molar-refractivity contribution in [2.45, 2.75) is 0 Å². The summed E-state index contributed by atoms with van der Waals surface area (Å²) in [6, 6.07) is 5.94. The first kappa shape index (κ1) is 9.39. The quantitative estimate of drug-likeness (QED) is 0.784. The van der Waals surface area contributed by atoms with E-state index in [1.807, 2.05) is 0 Å². The number of rotatable bonds is 2. The molecule has 0 aliphatic carbocycles. The molecule has 0 aliphatic heterocycles. The largest absolute Gasteiger partial charge is 0.394 e. The van der Waals surface area contributed by atoms with Crippen LogP contribution in [-0.2, 0) is 0 Å². The van der Waals surface area contributed by atoms with Gasteiger partial charge in [0.25, 0.3) is 0 Å². The molecule has 0 saturated heterocycles. The van der Waals surface area contributed by atoms with Crippen LogP contribution in [0.3, 0.4) is 0 Å². The van der Waals surface area contributed by atoms with Crippen molar-refractivity contribution in [2.75, 3.05) is 11.1 Å². The summed E-state index contributed by atoms with van der Waals surface area (Å²) in [6.45, 7) is 0. The average molecular weight is 204 g/mol. The van der Waals surface area contributed by atoms with Crippen LogP contribution in [0.1, 0.15) is 0 Å². The SMILES string of the molecule is Nc1cncnc1Nc1ccc(F)cc1. The van der Waals surface area contributed by atoms with E-state index in [2.05, 4.69) is 15.3 Å². The zero-order valence-electron chi connectivity index (χ0n) is 7.81. The number of anilines is 3. The zero-order valence-corrected chi connectivity index (χ0v) is 7.81. The highest BCUT2D eigenvalue weighted by Gasteiger charge is 2.00. The van der Waals surface area contributed by atoms with Gasteiger partial charge in [-0.3, -0.25) is 0 Å². The molecule has 3 N–H and O–H groups in total. The van der Waals surface area contributed by atoms with Gasteiger partial charge in [-0.1, -0.05) is 0 Å². The molecule has 0 bridgehead atoms. The van der Waals surface area contributed by atoms with E-state index in [9.17, 15) is 4.39 Å². The summed E-state index contributed by atoms with van der Waals surface area (Å²) in [4.78, 5) is 7.72. The van der Waals surface area contributed by atoms with E-state index in [4.69, 9.17) is 5.73 Å². The first-order valence-electron chi connectivity index (χ1n) is 4.34. The molecule has 0 radical (unpaired) electrons. The maximum absolute atomic E-state index is 12.6. The Balaban J connectivity index is 2.22. The molecule has 4 nitrogen and oxygen atoms in total. The van der Waals surface area contributed by atoms with Gasteiger partial charge in [0.1, 0.15) is 12.1 Å². The van der Waals surface area contributed by atoms with Crippen LogP contribution in [-0.4, -0.2) is 9.97 Å². The van der Waals surface area contributed by atoms with Gasteiger partial charge in [0, 0.05) is 5.69 Å². The van der Waals surface area contributed by atoms with Crippen molar-refractivity contribution >= 4 is 17.2 Å². The Hall–Kier alpha value is -2.17. The fraction of sp³-hybridized carbons (Fsp3) is 0. The predicted molar refractivity (Wildman–Crippen MR) is 56.1 cm³/mol. The van der Waals surface area contributed by atoms with Crippen molar-refractivity contribution < 1.29 is 4.39 Å². The summed E-state index contributed by atoms with van der Waals surface area (Å²) in [5.74, 6) is 0.229. The maximum atomic E-state index is 12.6. The number of nitrogens with zero attached hydrogens (tertiary/aromatic N) is 2. The summed E-state index contributed by atoms with van der Waals surface area (Å²) in [6.07, 6.45) is 2.89. The molecule has 5 heteroatoms. The van der Waals surface area contributed by atoms with E-state index in [0.717, 1.165) is 5.69 Å². The molecular weight excluding hydrogens is 195 g/mol. The predicted octanol–water partition coefficient (Wildman–Crippen LogP) is 1.94. The second-order valence-corrected chi connectivity index (χ2v) is 2.96. The Bertz CT molecular complexity index is 455. The Morgan fingerprint density at radius 2 is 1.93 bits per heavy atom. The second kappa shape index (κ2) is 3.91. The van der Waals surface area contributed by atoms with Crippen LogP contribution in [0.5, 0.6) is 0 Å². The molecule has 0 amide bonds. The van der Waals surface area contributed by atoms with Gasteiger partial charge in [-0.15, -0.1) is 0 Å². The van der Waals surface area contributed by atoms with Crippen molar-refractivity contribution in [1.82, 2.24) is 9.97 Å². The van der Waals surface area contributed by atoms with Crippen LogP contribution >= 0.6 is 0 Å². The van der Waals surface area contributed by atoms with Crippen molar-refractivity contribution in [3.8, 4) is 0 Å². The molecule has 1 aromatic carbocycles. The van der Waals surface area contributed by atoms with Crippen LogP contribution < -0.4 is 11.1 Å². The van der Waals surface area contributed by atoms with Crippen LogP contribution in [0, 0.1) is 5.82 Å². The topological polar surface area (TPSA) is 63.8 Å². The highest BCUT2D eigenvalue weighted by atomic mass is 19.1. The molecule has 1 heterocycles. The zero-order chi connectivity index (χ0) is 10.7. The molecule has 76 valence electrons. The highest BCUT2D eigenvalue weighted by Crippen LogP contribution is 2.18. The van der Waals surface area contributed by atoms with Crippen molar-refractivity contribution in [2.24, 2.45) is 0 Å². The van der Waals surface area contributed by atoms with E-state index < -0.39 is 0 Å². The standard InChI is InChI=1S/C10H9FN4/c11-7-1-3-8(4-2-7)15-10-9(12)5-13-6-14-10/h1-6H,12H2,(H,13,14,15). The summed E-state index contributed by atoms with van der Waals surface area (Å²) in [5.41, 5.74) is 6.81. The third-order valence-corrected chi connectivity index (χ3v) is 1.85. The lowest BCUT2D eigenvalue weighted by molar-refractivity contribution is 0.628. The van der Waals surface area contributed by atoms with E-state index >= 15 is 0 Å². The first-order valence-corrected chi connectivity index (χ1v) is 4.34. The third kappa shape index (κ3) is 2.19. The Morgan fingerprint density at radius 1 is 1.20 bits per heavy atom. The maximum Gasteiger partial charge on any atom is 0.157 e. The Kier molecular flexibility index (Phi) is 2.45. The van der Waals surface area contributed by atoms with E-state index in [0.29, 0.717) is 11.5 Å². The number of benzene rings is 1. The Morgan fingerprint density at radius 3 is 2.60 bits per heavy atom.